The molecule has 0 amide bonds. The molecule has 0 radical (unpaired) electrons. The summed E-state index contributed by atoms with van der Waals surface area (Å²) in [5.41, 5.74) is -4.66. The summed E-state index contributed by atoms with van der Waals surface area (Å²) < 4.78 is 23.0. The Kier molecular flexibility index (Phi) is 5.53. The average molecular weight is 507 g/mol. The maximum absolute atomic E-state index is 14.2. The molecule has 36 heavy (non-hydrogen) atoms. The zero-order valence-electron chi connectivity index (χ0n) is 21.3. The van der Waals surface area contributed by atoms with Crippen LogP contribution in [0, 0.1) is 29.1 Å². The van der Waals surface area contributed by atoms with Gasteiger partial charge in [-0.1, -0.05) is 18.6 Å². The second kappa shape index (κ2) is 7.85. The zero-order chi connectivity index (χ0) is 26.5. The van der Waals surface area contributed by atoms with Crippen molar-refractivity contribution in [1.82, 2.24) is 0 Å². The van der Waals surface area contributed by atoms with E-state index in [0.29, 0.717) is 6.42 Å². The number of fused-ring (bicyclic) bond motifs is 6. The van der Waals surface area contributed by atoms with Crippen molar-refractivity contribution in [2.45, 2.75) is 96.1 Å². The molecule has 10 nitrogen and oxygen atoms in total. The summed E-state index contributed by atoms with van der Waals surface area (Å²) in [7, 11) is 0. The van der Waals surface area contributed by atoms with Crippen molar-refractivity contribution in [2.75, 3.05) is 0 Å². The lowest BCUT2D eigenvalue weighted by Crippen LogP contribution is -2.75. The molecule has 10 heteroatoms. The molecule has 5 aliphatic rings. The molecular formula is C26H34O10. The summed E-state index contributed by atoms with van der Waals surface area (Å²) in [5.74, 6) is -5.93. The number of carbonyl (C=O) groups is 4. The molecule has 4 fully saturated rings. The SMILES string of the molecule is CCCC(=O)O[C@@H]1[C@@H]2O[C@@H]2[C@]2(C)C(=O)[C@H]3C=C(C)[C@H]3[C@@H]3OC(=O)[C@H](C)[C@@]3(O)[C@@H](OC(C)=O)[C@H]2[C@]1(C)O. The van der Waals surface area contributed by atoms with Gasteiger partial charge in [0.25, 0.3) is 0 Å². The van der Waals surface area contributed by atoms with E-state index < -0.39 is 88.7 Å². The molecule has 0 bridgehead atoms. The minimum Gasteiger partial charge on any atom is -0.459 e. The van der Waals surface area contributed by atoms with Gasteiger partial charge >= 0.3 is 17.9 Å². The number of ketones is 1. The molecule has 2 aliphatic heterocycles. The molecule has 0 spiro atoms. The number of carbonyl (C=O) groups excluding carboxylic acids is 4. The number of aliphatic hydroxyl groups is 2. The standard InChI is InChI=1S/C26H34O10/c1-7-8-14(28)34-21-16-20(35-16)24(5)17(25(21,6)31)22(33-12(4)27)26(32)11(3)23(30)36-19(26)15-10(2)9-13(15)18(24)29/h9,11,13,15-17,19-22,31-32H,7-8H2,1-6H3/t11-,13-,15+,16+,17+,19-,20-,21+,22-,24-,25-,26-/m0/s1. The normalized spacial score (nSPS) is 50.6. The van der Waals surface area contributed by atoms with Crippen LogP contribution in [0.1, 0.15) is 54.4 Å². The number of allylic oxidation sites excluding steroid dienone is 1. The van der Waals surface area contributed by atoms with Crippen LogP contribution in [-0.2, 0) is 38.1 Å². The van der Waals surface area contributed by atoms with Crippen LogP contribution in [0.4, 0.5) is 0 Å². The molecule has 0 aromatic heterocycles. The highest BCUT2D eigenvalue weighted by atomic mass is 16.6. The van der Waals surface area contributed by atoms with Gasteiger partial charge in [0.1, 0.15) is 35.8 Å². The number of esters is 3. The van der Waals surface area contributed by atoms with Crippen LogP contribution in [-0.4, -0.2) is 75.6 Å². The smallest absolute Gasteiger partial charge is 0.312 e. The van der Waals surface area contributed by atoms with Crippen LogP contribution in [0.3, 0.4) is 0 Å². The minimum atomic E-state index is -2.06. The number of ether oxygens (including phenoxy) is 4. The first-order valence-corrected chi connectivity index (χ1v) is 12.6. The third-order valence-corrected chi connectivity index (χ3v) is 9.29. The van der Waals surface area contributed by atoms with Crippen molar-refractivity contribution < 1.29 is 48.3 Å². The Labute approximate surface area is 209 Å². The van der Waals surface area contributed by atoms with E-state index in [2.05, 4.69) is 0 Å². The highest BCUT2D eigenvalue weighted by Crippen LogP contribution is 2.65. The van der Waals surface area contributed by atoms with Crippen molar-refractivity contribution in [1.29, 1.82) is 0 Å². The van der Waals surface area contributed by atoms with Crippen molar-refractivity contribution in [3.63, 3.8) is 0 Å². The summed E-state index contributed by atoms with van der Waals surface area (Å²) in [6, 6.07) is 0. The molecule has 0 aromatic carbocycles. The van der Waals surface area contributed by atoms with Crippen LogP contribution in [0.25, 0.3) is 0 Å². The molecule has 2 saturated heterocycles. The largest absolute Gasteiger partial charge is 0.459 e. The number of epoxide rings is 1. The Morgan fingerprint density at radius 3 is 2.36 bits per heavy atom. The number of rotatable bonds is 4. The second-order valence-corrected chi connectivity index (χ2v) is 11.5. The van der Waals surface area contributed by atoms with E-state index >= 15 is 0 Å². The van der Waals surface area contributed by atoms with Gasteiger partial charge in [0.2, 0.25) is 0 Å². The molecule has 0 aromatic rings. The highest BCUT2D eigenvalue weighted by Gasteiger charge is 2.81. The summed E-state index contributed by atoms with van der Waals surface area (Å²) in [6.45, 7) is 9.30. The van der Waals surface area contributed by atoms with E-state index in [-0.39, 0.29) is 12.2 Å². The van der Waals surface area contributed by atoms with Crippen LogP contribution < -0.4 is 0 Å². The van der Waals surface area contributed by atoms with Gasteiger partial charge in [-0.15, -0.1) is 0 Å². The molecule has 3 aliphatic carbocycles. The first-order chi connectivity index (χ1) is 16.7. The predicted molar refractivity (Wildman–Crippen MR) is 121 cm³/mol. The van der Waals surface area contributed by atoms with E-state index in [4.69, 9.17) is 18.9 Å². The first-order valence-electron chi connectivity index (χ1n) is 12.6. The van der Waals surface area contributed by atoms with E-state index in [9.17, 15) is 29.4 Å². The number of hydrogen-bond donors (Lipinski definition) is 2. The average Bonchev–Trinajstić information content (AvgIpc) is 3.54. The number of hydrogen-bond acceptors (Lipinski definition) is 10. The van der Waals surface area contributed by atoms with Gasteiger partial charge in [-0.25, -0.2) is 0 Å². The van der Waals surface area contributed by atoms with E-state index in [1.54, 1.807) is 19.9 Å². The molecule has 2 heterocycles. The van der Waals surface area contributed by atoms with Crippen LogP contribution in [0.5, 0.6) is 0 Å². The molecule has 5 rings (SSSR count). The van der Waals surface area contributed by atoms with Gasteiger partial charge < -0.3 is 29.2 Å². The Hall–Kier alpha value is -2.30. The summed E-state index contributed by atoms with van der Waals surface area (Å²) in [5, 5.41) is 24.4. The van der Waals surface area contributed by atoms with Gasteiger partial charge in [-0.3, -0.25) is 19.2 Å². The Morgan fingerprint density at radius 2 is 1.78 bits per heavy atom. The molecule has 2 N–H and O–H groups in total. The fraction of sp³-hybridized carbons (Fsp3) is 0.769. The van der Waals surface area contributed by atoms with Gasteiger partial charge in [0, 0.05) is 31.1 Å². The fourth-order valence-electron chi connectivity index (χ4n) is 7.46. The fourth-order valence-corrected chi connectivity index (χ4v) is 7.46. The Bertz CT molecular complexity index is 1060. The zero-order valence-corrected chi connectivity index (χ0v) is 21.3. The molecule has 0 unspecified atom stereocenters. The first kappa shape index (κ1) is 25.4. The van der Waals surface area contributed by atoms with Gasteiger partial charge in [0.15, 0.2) is 11.7 Å². The van der Waals surface area contributed by atoms with Crippen LogP contribution in [0.2, 0.25) is 0 Å². The van der Waals surface area contributed by atoms with E-state index in [1.165, 1.54) is 13.8 Å². The van der Waals surface area contributed by atoms with Crippen molar-refractivity contribution in [2.24, 2.45) is 29.1 Å². The Balaban J connectivity index is 1.72. The quantitative estimate of drug-likeness (QED) is 0.243. The number of Topliss-reactive ketones (excluding diaryl/α,β-unsaturated/α-hetero) is 1. The van der Waals surface area contributed by atoms with Crippen molar-refractivity contribution in [3.8, 4) is 0 Å². The molecule has 12 atom stereocenters. The van der Waals surface area contributed by atoms with Crippen LogP contribution >= 0.6 is 0 Å². The van der Waals surface area contributed by atoms with E-state index in [1.807, 2.05) is 6.92 Å². The molecular weight excluding hydrogens is 472 g/mol. The second-order valence-electron chi connectivity index (χ2n) is 11.5. The van der Waals surface area contributed by atoms with Gasteiger partial charge in [0.05, 0.1) is 11.3 Å². The molecule has 2 saturated carbocycles. The predicted octanol–water partition coefficient (Wildman–Crippen LogP) is 0.852. The monoisotopic (exact) mass is 506 g/mol. The van der Waals surface area contributed by atoms with Crippen LogP contribution in [0.15, 0.2) is 11.6 Å². The Morgan fingerprint density at radius 1 is 1.11 bits per heavy atom. The maximum Gasteiger partial charge on any atom is 0.312 e. The highest BCUT2D eigenvalue weighted by molar-refractivity contribution is 5.93. The van der Waals surface area contributed by atoms with Crippen molar-refractivity contribution >= 4 is 23.7 Å². The summed E-state index contributed by atoms with van der Waals surface area (Å²) in [4.78, 5) is 51.9. The van der Waals surface area contributed by atoms with Gasteiger partial charge in [-0.2, -0.15) is 0 Å². The maximum atomic E-state index is 14.2. The molecule has 198 valence electrons. The van der Waals surface area contributed by atoms with Crippen molar-refractivity contribution in [3.05, 3.63) is 11.6 Å². The van der Waals surface area contributed by atoms with E-state index in [0.717, 1.165) is 12.5 Å². The van der Waals surface area contributed by atoms with Gasteiger partial charge in [-0.05, 0) is 34.1 Å². The summed E-state index contributed by atoms with van der Waals surface area (Å²) in [6.07, 6.45) is -2.91. The summed E-state index contributed by atoms with van der Waals surface area (Å²) >= 11 is 0. The third-order valence-electron chi connectivity index (χ3n) is 9.29. The lowest BCUT2D eigenvalue weighted by atomic mass is 9.47. The lowest BCUT2D eigenvalue weighted by Gasteiger charge is -2.59. The topological polar surface area (TPSA) is 149 Å². The lowest BCUT2D eigenvalue weighted by molar-refractivity contribution is -0.256. The minimum absolute atomic E-state index is 0.122. The third kappa shape index (κ3) is 3.07.